The van der Waals surface area contributed by atoms with E-state index in [1.165, 1.54) is 11.8 Å². The van der Waals surface area contributed by atoms with Gasteiger partial charge in [-0.1, -0.05) is 6.92 Å². The van der Waals surface area contributed by atoms with Crippen molar-refractivity contribution in [2.24, 2.45) is 0 Å². The second kappa shape index (κ2) is 3.15. The molecule has 0 aromatic heterocycles. The van der Waals surface area contributed by atoms with Crippen LogP contribution in [-0.4, -0.2) is 41.9 Å². The number of hydrogen-bond donors (Lipinski definition) is 1. The van der Waals surface area contributed by atoms with E-state index in [2.05, 4.69) is 5.32 Å². The first-order chi connectivity index (χ1) is 6.54. The fourth-order valence-electron chi connectivity index (χ4n) is 2.17. The second-order valence-electron chi connectivity index (χ2n) is 4.01. The number of likely N-dealkylation sites (tertiary alicyclic amines) is 1. The molecule has 2 rings (SSSR count). The zero-order valence-electron chi connectivity index (χ0n) is 8.09. The molecule has 5 heteroatoms. The van der Waals surface area contributed by atoms with Crippen molar-refractivity contribution < 1.29 is 13.6 Å². The minimum atomic E-state index is -3.18. The number of rotatable bonds is 2. The molecule has 2 atom stereocenters. The lowest BCUT2D eigenvalue weighted by Crippen LogP contribution is -2.52. The van der Waals surface area contributed by atoms with Gasteiger partial charge in [0.15, 0.2) is 0 Å². The van der Waals surface area contributed by atoms with Crippen molar-refractivity contribution >= 4 is 5.91 Å². The summed E-state index contributed by atoms with van der Waals surface area (Å²) in [5.74, 6) is -4.17. The fourth-order valence-corrected chi connectivity index (χ4v) is 2.17. The molecule has 14 heavy (non-hydrogen) atoms. The molecule has 2 heterocycles. The van der Waals surface area contributed by atoms with Crippen LogP contribution in [0.2, 0.25) is 0 Å². The van der Waals surface area contributed by atoms with Crippen molar-refractivity contribution in [3.8, 4) is 0 Å². The van der Waals surface area contributed by atoms with E-state index < -0.39 is 18.3 Å². The quantitative estimate of drug-likeness (QED) is 0.714. The molecule has 3 nitrogen and oxygen atoms in total. The van der Waals surface area contributed by atoms with Gasteiger partial charge >= 0.3 is 5.92 Å². The number of fused-ring (bicyclic) bond motifs is 2. The van der Waals surface area contributed by atoms with E-state index in [-0.39, 0.29) is 12.1 Å². The predicted octanol–water partition coefficient (Wildman–Crippen LogP) is 0.604. The Bertz CT molecular complexity index is 257. The summed E-state index contributed by atoms with van der Waals surface area (Å²) < 4.78 is 26.2. The van der Waals surface area contributed by atoms with Gasteiger partial charge in [0.1, 0.15) is 0 Å². The minimum Gasteiger partial charge on any atom is -0.332 e. The molecule has 0 saturated carbocycles. The largest absolute Gasteiger partial charge is 0.332 e. The summed E-state index contributed by atoms with van der Waals surface area (Å²) in [6, 6.07) is 0.224. The SMILES string of the molecule is CCC(F)(F)C(=O)N1CC2CC1CN2. The topological polar surface area (TPSA) is 32.3 Å². The normalized spacial score (nSPS) is 31.2. The van der Waals surface area contributed by atoms with E-state index in [1.54, 1.807) is 0 Å². The average molecular weight is 204 g/mol. The lowest BCUT2D eigenvalue weighted by molar-refractivity contribution is -0.159. The van der Waals surface area contributed by atoms with Crippen molar-refractivity contribution in [3.05, 3.63) is 0 Å². The molecule has 2 aliphatic heterocycles. The molecule has 2 fully saturated rings. The first kappa shape index (κ1) is 9.83. The van der Waals surface area contributed by atoms with Gasteiger partial charge in [0.05, 0.1) is 0 Å². The molecule has 2 saturated heterocycles. The third-order valence-electron chi connectivity index (χ3n) is 3.07. The van der Waals surface area contributed by atoms with Gasteiger partial charge in [0.25, 0.3) is 5.91 Å². The van der Waals surface area contributed by atoms with E-state index in [4.69, 9.17) is 0 Å². The van der Waals surface area contributed by atoms with Gasteiger partial charge in [-0.3, -0.25) is 4.79 Å². The van der Waals surface area contributed by atoms with Crippen LogP contribution in [-0.2, 0) is 4.79 Å². The Morgan fingerprint density at radius 3 is 2.79 bits per heavy atom. The molecule has 0 aliphatic carbocycles. The molecule has 2 unspecified atom stereocenters. The van der Waals surface area contributed by atoms with Crippen molar-refractivity contribution in [1.82, 2.24) is 10.2 Å². The summed E-state index contributed by atoms with van der Waals surface area (Å²) in [7, 11) is 0. The summed E-state index contributed by atoms with van der Waals surface area (Å²) in [6.45, 7) is 2.44. The monoisotopic (exact) mass is 204 g/mol. The zero-order valence-corrected chi connectivity index (χ0v) is 8.09. The average Bonchev–Trinajstić information content (AvgIpc) is 2.77. The number of hydrogen-bond acceptors (Lipinski definition) is 2. The molecular weight excluding hydrogens is 190 g/mol. The molecule has 0 aromatic rings. The van der Waals surface area contributed by atoms with Gasteiger partial charge in [-0.15, -0.1) is 0 Å². The molecule has 0 aromatic carbocycles. The summed E-state index contributed by atoms with van der Waals surface area (Å²) in [6.07, 6.45) is 0.415. The number of amides is 1. The molecule has 1 N–H and O–H groups in total. The maximum Gasteiger partial charge on any atom is 0.324 e. The van der Waals surface area contributed by atoms with Gasteiger partial charge in [0.2, 0.25) is 0 Å². The van der Waals surface area contributed by atoms with Crippen molar-refractivity contribution in [2.75, 3.05) is 13.1 Å². The molecule has 0 spiro atoms. The Balaban J connectivity index is 2.06. The van der Waals surface area contributed by atoms with Crippen LogP contribution in [0.3, 0.4) is 0 Å². The van der Waals surface area contributed by atoms with E-state index in [0.717, 1.165) is 6.42 Å². The van der Waals surface area contributed by atoms with Crippen LogP contribution in [0.5, 0.6) is 0 Å². The van der Waals surface area contributed by atoms with Gasteiger partial charge < -0.3 is 10.2 Å². The lowest BCUT2D eigenvalue weighted by atomic mass is 10.2. The Labute approximate surface area is 81.4 Å². The Morgan fingerprint density at radius 2 is 2.36 bits per heavy atom. The smallest absolute Gasteiger partial charge is 0.324 e. The van der Waals surface area contributed by atoms with E-state index >= 15 is 0 Å². The first-order valence-electron chi connectivity index (χ1n) is 4.97. The third-order valence-corrected chi connectivity index (χ3v) is 3.07. The van der Waals surface area contributed by atoms with E-state index in [0.29, 0.717) is 13.1 Å². The number of nitrogens with zero attached hydrogens (tertiary/aromatic N) is 1. The van der Waals surface area contributed by atoms with Crippen molar-refractivity contribution in [1.29, 1.82) is 0 Å². The molecule has 2 aliphatic rings. The first-order valence-corrected chi connectivity index (χ1v) is 4.97. The predicted molar refractivity (Wildman–Crippen MR) is 47.1 cm³/mol. The minimum absolute atomic E-state index is 0.00933. The Hall–Kier alpha value is -0.710. The fraction of sp³-hybridized carbons (Fsp3) is 0.889. The summed E-state index contributed by atoms with van der Waals surface area (Å²) in [5, 5.41) is 3.17. The van der Waals surface area contributed by atoms with Crippen molar-refractivity contribution in [2.45, 2.75) is 37.8 Å². The lowest BCUT2D eigenvalue weighted by Gasteiger charge is -2.30. The number of carbonyl (C=O) groups excluding carboxylic acids is 1. The molecular formula is C9H14F2N2O. The number of alkyl halides is 2. The van der Waals surface area contributed by atoms with Crippen LogP contribution in [0.15, 0.2) is 0 Å². The van der Waals surface area contributed by atoms with E-state index in [1.807, 2.05) is 0 Å². The maximum atomic E-state index is 13.1. The third kappa shape index (κ3) is 1.39. The second-order valence-corrected chi connectivity index (χ2v) is 4.01. The summed E-state index contributed by atoms with van der Waals surface area (Å²) in [5.41, 5.74) is 0. The standard InChI is InChI=1S/C9H14F2N2O/c1-2-9(10,11)8(14)13-5-6-3-7(13)4-12-6/h6-7,12H,2-5H2,1H3. The molecule has 80 valence electrons. The Morgan fingerprint density at radius 1 is 1.64 bits per heavy atom. The van der Waals surface area contributed by atoms with E-state index in [9.17, 15) is 13.6 Å². The highest BCUT2D eigenvalue weighted by molar-refractivity contribution is 5.84. The number of halogens is 2. The van der Waals surface area contributed by atoms with Crippen LogP contribution >= 0.6 is 0 Å². The van der Waals surface area contributed by atoms with Crippen LogP contribution in [0.25, 0.3) is 0 Å². The summed E-state index contributed by atoms with van der Waals surface area (Å²) >= 11 is 0. The molecule has 2 bridgehead atoms. The van der Waals surface area contributed by atoms with Crippen LogP contribution in [0, 0.1) is 0 Å². The van der Waals surface area contributed by atoms with Gasteiger partial charge in [-0.25, -0.2) is 0 Å². The van der Waals surface area contributed by atoms with Gasteiger partial charge in [-0.2, -0.15) is 8.78 Å². The zero-order chi connectivity index (χ0) is 10.3. The number of carbonyl (C=O) groups is 1. The van der Waals surface area contributed by atoms with Crippen LogP contribution in [0.1, 0.15) is 19.8 Å². The van der Waals surface area contributed by atoms with Crippen LogP contribution in [0.4, 0.5) is 8.78 Å². The Kier molecular flexibility index (Phi) is 2.21. The highest BCUT2D eigenvalue weighted by Gasteiger charge is 2.48. The molecule has 1 amide bonds. The summed E-state index contributed by atoms with van der Waals surface area (Å²) in [4.78, 5) is 12.8. The number of nitrogens with one attached hydrogen (secondary N) is 1. The maximum absolute atomic E-state index is 13.1. The highest BCUT2D eigenvalue weighted by atomic mass is 19.3. The van der Waals surface area contributed by atoms with Crippen LogP contribution < -0.4 is 5.32 Å². The van der Waals surface area contributed by atoms with Crippen molar-refractivity contribution in [3.63, 3.8) is 0 Å². The van der Waals surface area contributed by atoms with Gasteiger partial charge in [-0.05, 0) is 6.42 Å². The van der Waals surface area contributed by atoms with Gasteiger partial charge in [0, 0.05) is 31.6 Å². The highest BCUT2D eigenvalue weighted by Crippen LogP contribution is 2.29. The molecule has 0 radical (unpaired) electrons. The number of piperazine rings is 1.